The van der Waals surface area contributed by atoms with Crippen LogP contribution >= 0.6 is 27.7 Å². The molecule has 0 unspecified atom stereocenters. The first-order valence-electron chi connectivity index (χ1n) is 7.17. The van der Waals surface area contributed by atoms with E-state index in [4.69, 9.17) is 4.74 Å². The summed E-state index contributed by atoms with van der Waals surface area (Å²) in [6.07, 6.45) is 3.53. The Labute approximate surface area is 133 Å². The molecule has 0 aliphatic carbocycles. The van der Waals surface area contributed by atoms with E-state index in [-0.39, 0.29) is 0 Å². The van der Waals surface area contributed by atoms with Crippen LogP contribution in [0.4, 0.5) is 0 Å². The highest BCUT2D eigenvalue weighted by molar-refractivity contribution is 9.10. The average Bonchev–Trinajstić information content (AvgIpc) is 2.78. The summed E-state index contributed by atoms with van der Waals surface area (Å²) in [5, 5.41) is 1.44. The predicted molar refractivity (Wildman–Crippen MR) is 90.6 cm³/mol. The van der Waals surface area contributed by atoms with Gasteiger partial charge in [0.1, 0.15) is 0 Å². The Morgan fingerprint density at radius 3 is 3.10 bits per heavy atom. The minimum atomic E-state index is 0.864. The normalized spacial score (nSPS) is 14.7. The van der Waals surface area contributed by atoms with Gasteiger partial charge in [-0.3, -0.25) is 0 Å². The van der Waals surface area contributed by atoms with Crippen molar-refractivity contribution in [1.29, 1.82) is 0 Å². The molecule has 2 nitrogen and oxygen atoms in total. The summed E-state index contributed by atoms with van der Waals surface area (Å²) in [7, 11) is 1.78. The molecule has 1 aromatic heterocycles. The number of hydrogen-bond acceptors (Lipinski definition) is 2. The lowest BCUT2D eigenvalue weighted by Gasteiger charge is -2.15. The number of fused-ring (bicyclic) bond motifs is 3. The first kappa shape index (κ1) is 14.5. The molecule has 0 radical (unpaired) electrons. The van der Waals surface area contributed by atoms with Crippen molar-refractivity contribution in [2.24, 2.45) is 0 Å². The summed E-state index contributed by atoms with van der Waals surface area (Å²) < 4.78 is 8.89. The summed E-state index contributed by atoms with van der Waals surface area (Å²) in [5.74, 6) is 2.41. The smallest absolute Gasteiger partial charge is 0.0486 e. The van der Waals surface area contributed by atoms with Gasteiger partial charge in [-0.25, -0.2) is 0 Å². The van der Waals surface area contributed by atoms with E-state index in [0.717, 1.165) is 25.3 Å². The third kappa shape index (κ3) is 2.78. The molecule has 0 N–H and O–H groups in total. The topological polar surface area (TPSA) is 14.2 Å². The highest BCUT2D eigenvalue weighted by atomic mass is 79.9. The fourth-order valence-electron chi connectivity index (χ4n) is 3.01. The largest absolute Gasteiger partial charge is 0.385 e. The molecular formula is C16H20BrNOS. The first-order chi connectivity index (χ1) is 9.81. The Hall–Kier alpha value is -0.450. The third-order valence-corrected chi connectivity index (χ3v) is 5.44. The molecule has 0 saturated carbocycles. The monoisotopic (exact) mass is 353 g/mol. The molecular weight excluding hydrogens is 334 g/mol. The van der Waals surface area contributed by atoms with Gasteiger partial charge in [0, 0.05) is 47.1 Å². The lowest BCUT2D eigenvalue weighted by atomic mass is 10.1. The minimum absolute atomic E-state index is 0.864. The molecule has 0 spiro atoms. The molecule has 1 aliphatic heterocycles. The molecule has 0 saturated heterocycles. The zero-order valence-corrected chi connectivity index (χ0v) is 14.2. The second-order valence-corrected chi connectivity index (χ2v) is 7.26. The molecule has 4 heteroatoms. The van der Waals surface area contributed by atoms with E-state index in [9.17, 15) is 0 Å². The van der Waals surface area contributed by atoms with Crippen LogP contribution in [0.3, 0.4) is 0 Å². The molecule has 0 atom stereocenters. The van der Waals surface area contributed by atoms with Crippen LogP contribution in [0, 0.1) is 0 Å². The maximum Gasteiger partial charge on any atom is 0.0486 e. The molecule has 108 valence electrons. The number of nitrogens with zero attached hydrogens (tertiary/aromatic N) is 1. The van der Waals surface area contributed by atoms with Crippen molar-refractivity contribution < 1.29 is 4.74 Å². The van der Waals surface area contributed by atoms with Crippen molar-refractivity contribution >= 4 is 38.6 Å². The van der Waals surface area contributed by atoms with E-state index in [0.29, 0.717) is 0 Å². The van der Waals surface area contributed by atoms with E-state index >= 15 is 0 Å². The first-order valence-corrected chi connectivity index (χ1v) is 9.12. The molecule has 2 heterocycles. The number of methoxy groups -OCH3 is 1. The Balaban J connectivity index is 1.96. The number of aromatic nitrogens is 1. The van der Waals surface area contributed by atoms with Gasteiger partial charge in [0.05, 0.1) is 0 Å². The Kier molecular flexibility index (Phi) is 4.74. The number of aryl methyl sites for hydroxylation is 1. The summed E-state index contributed by atoms with van der Waals surface area (Å²) in [5.41, 5.74) is 4.52. The second kappa shape index (κ2) is 6.54. The Morgan fingerprint density at radius 2 is 2.25 bits per heavy atom. The van der Waals surface area contributed by atoms with Gasteiger partial charge in [0.25, 0.3) is 0 Å². The van der Waals surface area contributed by atoms with Crippen LogP contribution in [0.15, 0.2) is 22.7 Å². The van der Waals surface area contributed by atoms with Crippen LogP contribution in [0.5, 0.6) is 0 Å². The summed E-state index contributed by atoms with van der Waals surface area (Å²) >= 11 is 5.67. The van der Waals surface area contributed by atoms with Crippen molar-refractivity contribution in [3.8, 4) is 0 Å². The van der Waals surface area contributed by atoms with E-state index in [2.05, 4.69) is 50.5 Å². The van der Waals surface area contributed by atoms with Crippen molar-refractivity contribution in [1.82, 2.24) is 4.57 Å². The number of halogens is 1. The highest BCUT2D eigenvalue weighted by Crippen LogP contribution is 2.35. The standard InChI is InChI=1S/C16H20BrNOS/c1-19-8-3-2-7-18-15-5-4-12(17)10-13(15)14-11-20-9-6-16(14)18/h4-5,10H,2-3,6-9,11H2,1H3. The molecule has 3 rings (SSSR count). The number of ether oxygens (including phenoxy) is 1. The Morgan fingerprint density at radius 1 is 1.35 bits per heavy atom. The van der Waals surface area contributed by atoms with Crippen molar-refractivity contribution in [3.63, 3.8) is 0 Å². The van der Waals surface area contributed by atoms with Gasteiger partial charge in [0.2, 0.25) is 0 Å². The maximum absolute atomic E-state index is 5.16. The highest BCUT2D eigenvalue weighted by Gasteiger charge is 2.19. The number of thioether (sulfide) groups is 1. The molecule has 20 heavy (non-hydrogen) atoms. The van der Waals surface area contributed by atoms with Crippen LogP contribution in [-0.2, 0) is 23.5 Å². The predicted octanol–water partition coefficient (Wildman–Crippen LogP) is 4.62. The van der Waals surface area contributed by atoms with Gasteiger partial charge >= 0.3 is 0 Å². The number of unbranched alkanes of at least 4 members (excludes halogenated alkanes) is 1. The van der Waals surface area contributed by atoms with Gasteiger partial charge in [-0.1, -0.05) is 15.9 Å². The lowest BCUT2D eigenvalue weighted by Crippen LogP contribution is -2.09. The van der Waals surface area contributed by atoms with E-state index in [1.165, 1.54) is 34.0 Å². The van der Waals surface area contributed by atoms with Gasteiger partial charge in [-0.05, 0) is 48.8 Å². The van der Waals surface area contributed by atoms with Crippen LogP contribution in [-0.4, -0.2) is 24.0 Å². The van der Waals surface area contributed by atoms with Gasteiger partial charge in [-0.15, -0.1) is 0 Å². The Bertz CT molecular complexity index is 608. The number of benzene rings is 1. The molecule has 0 amide bonds. The van der Waals surface area contributed by atoms with Crippen LogP contribution in [0.1, 0.15) is 24.1 Å². The zero-order valence-electron chi connectivity index (χ0n) is 11.8. The van der Waals surface area contributed by atoms with E-state index in [1.807, 2.05) is 0 Å². The van der Waals surface area contributed by atoms with E-state index in [1.54, 1.807) is 18.4 Å². The molecule has 0 fully saturated rings. The molecule has 2 aromatic rings. The average molecular weight is 354 g/mol. The van der Waals surface area contributed by atoms with Gasteiger partial charge < -0.3 is 9.30 Å². The van der Waals surface area contributed by atoms with E-state index < -0.39 is 0 Å². The van der Waals surface area contributed by atoms with Crippen LogP contribution < -0.4 is 0 Å². The van der Waals surface area contributed by atoms with Crippen molar-refractivity contribution in [2.45, 2.75) is 31.6 Å². The SMILES string of the molecule is COCCCCn1c2c(c3cc(Br)ccc31)CSCC2. The van der Waals surface area contributed by atoms with Gasteiger partial charge in [0.15, 0.2) is 0 Å². The third-order valence-electron chi connectivity index (χ3n) is 3.96. The number of rotatable bonds is 5. The summed E-state index contributed by atoms with van der Waals surface area (Å²) in [6.45, 7) is 1.98. The second-order valence-electron chi connectivity index (χ2n) is 5.24. The zero-order chi connectivity index (χ0) is 13.9. The fourth-order valence-corrected chi connectivity index (χ4v) is 4.38. The number of hydrogen-bond donors (Lipinski definition) is 0. The molecule has 1 aromatic carbocycles. The van der Waals surface area contributed by atoms with Crippen LogP contribution in [0.25, 0.3) is 10.9 Å². The van der Waals surface area contributed by atoms with Crippen molar-refractivity contribution in [3.05, 3.63) is 33.9 Å². The minimum Gasteiger partial charge on any atom is -0.385 e. The van der Waals surface area contributed by atoms with Crippen molar-refractivity contribution in [2.75, 3.05) is 19.5 Å². The molecule has 0 bridgehead atoms. The quantitative estimate of drug-likeness (QED) is 0.728. The van der Waals surface area contributed by atoms with Crippen LogP contribution in [0.2, 0.25) is 0 Å². The lowest BCUT2D eigenvalue weighted by molar-refractivity contribution is 0.191. The van der Waals surface area contributed by atoms with Gasteiger partial charge in [-0.2, -0.15) is 11.8 Å². The summed E-state index contributed by atoms with van der Waals surface area (Å²) in [6, 6.07) is 6.71. The molecule has 1 aliphatic rings. The fraction of sp³-hybridized carbons (Fsp3) is 0.500. The maximum atomic E-state index is 5.16. The summed E-state index contributed by atoms with van der Waals surface area (Å²) in [4.78, 5) is 0.